The van der Waals surface area contributed by atoms with Crippen molar-refractivity contribution in [2.24, 2.45) is 0 Å². The van der Waals surface area contributed by atoms with Crippen molar-refractivity contribution in [2.75, 3.05) is 14.2 Å². The van der Waals surface area contributed by atoms with Crippen molar-refractivity contribution in [3.05, 3.63) is 95.6 Å². The predicted octanol–water partition coefficient (Wildman–Crippen LogP) is 5.73. The first-order chi connectivity index (χ1) is 12.3. The maximum Gasteiger partial charge on any atom is 0.118 e. The first kappa shape index (κ1) is 17.4. The summed E-state index contributed by atoms with van der Waals surface area (Å²) >= 11 is 1.93. The molecule has 0 aliphatic heterocycles. The molecule has 0 saturated carbocycles. The van der Waals surface area contributed by atoms with Gasteiger partial charge in [-0.1, -0.05) is 54.6 Å². The Morgan fingerprint density at radius 1 is 0.680 bits per heavy atom. The van der Waals surface area contributed by atoms with E-state index in [1.54, 1.807) is 14.2 Å². The van der Waals surface area contributed by atoms with Gasteiger partial charge in [0.2, 0.25) is 0 Å². The van der Waals surface area contributed by atoms with Gasteiger partial charge in [-0.3, -0.25) is 0 Å². The molecule has 0 amide bonds. The number of benzene rings is 3. The Kier molecular flexibility index (Phi) is 6.02. The lowest BCUT2D eigenvalue weighted by atomic mass is 10.0. The van der Waals surface area contributed by atoms with Crippen LogP contribution < -0.4 is 9.47 Å². The highest BCUT2D eigenvalue weighted by Gasteiger charge is 2.15. The molecule has 0 heterocycles. The minimum Gasteiger partial charge on any atom is -0.497 e. The molecule has 0 spiro atoms. The SMILES string of the molecule is COc1ccc(C(SCc2ccccc2)c2ccc(OC)cc2)cc1. The average Bonchev–Trinajstić information content (AvgIpc) is 2.70. The van der Waals surface area contributed by atoms with Crippen molar-refractivity contribution >= 4 is 11.8 Å². The fourth-order valence-electron chi connectivity index (χ4n) is 2.70. The van der Waals surface area contributed by atoms with Gasteiger partial charge < -0.3 is 9.47 Å². The van der Waals surface area contributed by atoms with E-state index in [2.05, 4.69) is 54.6 Å². The second-order valence-electron chi connectivity index (χ2n) is 5.72. The fraction of sp³-hybridized carbons (Fsp3) is 0.182. The Bertz CT molecular complexity index is 720. The van der Waals surface area contributed by atoms with E-state index in [1.807, 2.05) is 36.0 Å². The summed E-state index contributed by atoms with van der Waals surface area (Å²) in [7, 11) is 3.39. The Hall–Kier alpha value is -2.39. The van der Waals surface area contributed by atoms with Crippen LogP contribution in [0.15, 0.2) is 78.9 Å². The van der Waals surface area contributed by atoms with Crippen LogP contribution >= 0.6 is 11.8 Å². The minimum absolute atomic E-state index is 0.261. The van der Waals surface area contributed by atoms with Gasteiger partial charge in [-0.15, -0.1) is 11.8 Å². The molecule has 0 unspecified atom stereocenters. The van der Waals surface area contributed by atoms with Crippen LogP contribution in [0.5, 0.6) is 11.5 Å². The molecule has 3 rings (SSSR count). The second-order valence-corrected chi connectivity index (χ2v) is 6.82. The fourth-order valence-corrected chi connectivity index (χ4v) is 3.95. The van der Waals surface area contributed by atoms with E-state index in [1.165, 1.54) is 16.7 Å². The van der Waals surface area contributed by atoms with Gasteiger partial charge in [-0.05, 0) is 41.0 Å². The zero-order chi connectivity index (χ0) is 17.5. The average molecular weight is 350 g/mol. The van der Waals surface area contributed by atoms with Gasteiger partial charge in [0.05, 0.1) is 19.5 Å². The van der Waals surface area contributed by atoms with Gasteiger partial charge >= 0.3 is 0 Å². The Morgan fingerprint density at radius 2 is 1.16 bits per heavy atom. The van der Waals surface area contributed by atoms with E-state index in [-0.39, 0.29) is 5.25 Å². The molecule has 25 heavy (non-hydrogen) atoms. The highest BCUT2D eigenvalue weighted by Crippen LogP contribution is 2.38. The normalized spacial score (nSPS) is 10.7. The Labute approximate surface area is 153 Å². The lowest BCUT2D eigenvalue weighted by Crippen LogP contribution is -1.98. The van der Waals surface area contributed by atoms with Gasteiger partial charge in [-0.25, -0.2) is 0 Å². The second kappa shape index (κ2) is 8.63. The molecule has 0 radical (unpaired) electrons. The van der Waals surface area contributed by atoms with E-state index >= 15 is 0 Å². The molecular formula is C22H22O2S. The van der Waals surface area contributed by atoms with E-state index < -0.39 is 0 Å². The number of hydrogen-bond acceptors (Lipinski definition) is 3. The summed E-state index contributed by atoms with van der Waals surface area (Å²) in [5.41, 5.74) is 3.87. The van der Waals surface area contributed by atoms with Crippen LogP contribution in [0.4, 0.5) is 0 Å². The maximum absolute atomic E-state index is 5.29. The van der Waals surface area contributed by atoms with E-state index in [9.17, 15) is 0 Å². The molecule has 0 atom stereocenters. The highest BCUT2D eigenvalue weighted by molar-refractivity contribution is 7.98. The first-order valence-corrected chi connectivity index (χ1v) is 9.28. The van der Waals surface area contributed by atoms with Crippen molar-refractivity contribution in [3.63, 3.8) is 0 Å². The lowest BCUT2D eigenvalue weighted by Gasteiger charge is -2.18. The Balaban J connectivity index is 1.86. The van der Waals surface area contributed by atoms with Crippen molar-refractivity contribution in [3.8, 4) is 11.5 Å². The van der Waals surface area contributed by atoms with Gasteiger partial charge in [0, 0.05) is 5.75 Å². The van der Waals surface area contributed by atoms with Gasteiger partial charge in [-0.2, -0.15) is 0 Å². The molecule has 0 aliphatic rings. The maximum atomic E-state index is 5.29. The van der Waals surface area contributed by atoms with E-state index in [4.69, 9.17) is 9.47 Å². The minimum atomic E-state index is 0.261. The number of hydrogen-bond donors (Lipinski definition) is 0. The summed E-state index contributed by atoms with van der Waals surface area (Å²) in [6.07, 6.45) is 0. The van der Waals surface area contributed by atoms with Crippen molar-refractivity contribution < 1.29 is 9.47 Å². The smallest absolute Gasteiger partial charge is 0.118 e. The van der Waals surface area contributed by atoms with Crippen LogP contribution in [0.2, 0.25) is 0 Å². The summed E-state index contributed by atoms with van der Waals surface area (Å²) < 4.78 is 10.6. The van der Waals surface area contributed by atoms with Crippen LogP contribution in [-0.2, 0) is 5.75 Å². The number of thioether (sulfide) groups is 1. The third kappa shape index (κ3) is 4.58. The van der Waals surface area contributed by atoms with Crippen molar-refractivity contribution in [2.45, 2.75) is 11.0 Å². The summed E-state index contributed by atoms with van der Waals surface area (Å²) in [4.78, 5) is 0. The van der Waals surface area contributed by atoms with Gasteiger partial charge in [0.1, 0.15) is 11.5 Å². The van der Waals surface area contributed by atoms with Crippen LogP contribution in [0.1, 0.15) is 21.9 Å². The standard InChI is InChI=1S/C22H22O2S/c1-23-20-12-8-18(9-13-20)22(19-10-14-21(24-2)15-11-19)25-16-17-6-4-3-5-7-17/h3-15,22H,16H2,1-2H3. The lowest BCUT2D eigenvalue weighted by molar-refractivity contribution is 0.414. The van der Waals surface area contributed by atoms with Crippen LogP contribution in [0, 0.1) is 0 Å². The van der Waals surface area contributed by atoms with Crippen LogP contribution in [0.25, 0.3) is 0 Å². The van der Waals surface area contributed by atoms with Crippen molar-refractivity contribution in [1.29, 1.82) is 0 Å². The first-order valence-electron chi connectivity index (χ1n) is 8.23. The zero-order valence-corrected chi connectivity index (χ0v) is 15.3. The number of rotatable bonds is 7. The van der Waals surface area contributed by atoms with Crippen molar-refractivity contribution in [1.82, 2.24) is 0 Å². The number of ether oxygens (including phenoxy) is 2. The molecule has 0 N–H and O–H groups in total. The third-order valence-corrected chi connectivity index (χ3v) is 5.47. The largest absolute Gasteiger partial charge is 0.497 e. The topological polar surface area (TPSA) is 18.5 Å². The molecule has 3 heteroatoms. The molecule has 2 nitrogen and oxygen atoms in total. The molecule has 128 valence electrons. The molecule has 0 saturated heterocycles. The van der Waals surface area contributed by atoms with Gasteiger partial charge in [0.25, 0.3) is 0 Å². The molecule has 3 aromatic carbocycles. The molecular weight excluding hydrogens is 328 g/mol. The summed E-state index contributed by atoms with van der Waals surface area (Å²) in [5, 5.41) is 0.261. The van der Waals surface area contributed by atoms with E-state index in [0.29, 0.717) is 0 Å². The molecule has 0 aliphatic carbocycles. The molecule has 0 bridgehead atoms. The van der Waals surface area contributed by atoms with Crippen LogP contribution in [0.3, 0.4) is 0 Å². The summed E-state index contributed by atoms with van der Waals surface area (Å²) in [6.45, 7) is 0. The zero-order valence-electron chi connectivity index (χ0n) is 14.5. The molecule has 3 aromatic rings. The quantitative estimate of drug-likeness (QED) is 0.542. The third-order valence-electron chi connectivity index (χ3n) is 4.10. The predicted molar refractivity (Wildman–Crippen MR) is 106 cm³/mol. The van der Waals surface area contributed by atoms with E-state index in [0.717, 1.165) is 17.3 Å². The van der Waals surface area contributed by atoms with Crippen LogP contribution in [-0.4, -0.2) is 14.2 Å². The summed E-state index contributed by atoms with van der Waals surface area (Å²) in [6, 6.07) is 27.2. The number of methoxy groups -OCH3 is 2. The van der Waals surface area contributed by atoms with Gasteiger partial charge in [0.15, 0.2) is 0 Å². The highest BCUT2D eigenvalue weighted by atomic mass is 32.2. The monoisotopic (exact) mass is 350 g/mol. The Morgan fingerprint density at radius 3 is 1.60 bits per heavy atom. The molecule has 0 aromatic heterocycles. The molecule has 0 fully saturated rings. The summed E-state index contributed by atoms with van der Waals surface area (Å²) in [5.74, 6) is 2.72.